The molecule has 3 aromatic carbocycles. The van der Waals surface area contributed by atoms with Gasteiger partial charge in [-0.3, -0.25) is 0 Å². The lowest BCUT2D eigenvalue weighted by molar-refractivity contribution is -0.119. The van der Waals surface area contributed by atoms with Crippen molar-refractivity contribution in [1.29, 1.82) is 0 Å². The molecule has 0 saturated carbocycles. The molecule has 0 spiro atoms. The Morgan fingerprint density at radius 1 is 0.706 bits per heavy atom. The zero-order valence-corrected chi connectivity index (χ0v) is 20.5. The summed E-state index contributed by atoms with van der Waals surface area (Å²) < 4.78 is 30.3. The van der Waals surface area contributed by atoms with Gasteiger partial charge in [0.1, 0.15) is 17.2 Å². The van der Waals surface area contributed by atoms with Crippen molar-refractivity contribution in [2.75, 3.05) is 0 Å². The zero-order valence-electron chi connectivity index (χ0n) is 19.6. The average Bonchev–Trinajstić information content (AvgIpc) is 2.85. The van der Waals surface area contributed by atoms with Gasteiger partial charge in [0.15, 0.2) is 5.75 Å². The molecule has 182 valence electrons. The first kappa shape index (κ1) is 25.7. The van der Waals surface area contributed by atoms with Gasteiger partial charge in [-0.05, 0) is 60.9 Å². The first-order chi connectivity index (χ1) is 16.6. The van der Waals surface area contributed by atoms with Gasteiger partial charge >= 0.3 is 7.82 Å². The number of para-hydroxylation sites is 2. The van der Waals surface area contributed by atoms with Crippen molar-refractivity contribution in [3.05, 3.63) is 84.4 Å². The van der Waals surface area contributed by atoms with E-state index in [1.807, 2.05) is 24.3 Å². The van der Waals surface area contributed by atoms with Crippen molar-refractivity contribution >= 4 is 7.82 Å². The standard InChI is InChI=1S/C27H33O6P/c1-2-3-4-5-6-7-9-14-23-15-12-13-18-27(23)32-34(29,31-26-16-10-8-11-17-26)33-30-25-21-19-24(28)20-22-25/h8,10-13,15-22,28H,2-7,9,14H2,1H3. The van der Waals surface area contributed by atoms with Crippen LogP contribution in [0.1, 0.15) is 57.4 Å². The number of phenolic OH excluding ortho intramolecular Hbond substituents is 1. The van der Waals surface area contributed by atoms with E-state index in [2.05, 4.69) is 6.92 Å². The van der Waals surface area contributed by atoms with Gasteiger partial charge in [-0.25, -0.2) is 4.57 Å². The van der Waals surface area contributed by atoms with E-state index in [4.69, 9.17) is 18.6 Å². The lowest BCUT2D eigenvalue weighted by Gasteiger charge is -2.19. The van der Waals surface area contributed by atoms with E-state index in [0.717, 1.165) is 24.8 Å². The maximum atomic E-state index is 13.6. The Morgan fingerprint density at radius 2 is 1.35 bits per heavy atom. The summed E-state index contributed by atoms with van der Waals surface area (Å²) in [6.07, 6.45) is 9.24. The summed E-state index contributed by atoms with van der Waals surface area (Å²) in [5.74, 6) is 1.08. The second kappa shape index (κ2) is 13.7. The van der Waals surface area contributed by atoms with Crippen LogP contribution in [0.4, 0.5) is 0 Å². The van der Waals surface area contributed by atoms with Crippen LogP contribution < -0.4 is 13.9 Å². The number of phosphoric acid groups is 1. The minimum atomic E-state index is -4.21. The fourth-order valence-electron chi connectivity index (χ4n) is 3.44. The predicted molar refractivity (Wildman–Crippen MR) is 133 cm³/mol. The molecule has 0 fully saturated rings. The summed E-state index contributed by atoms with van der Waals surface area (Å²) in [7, 11) is -4.21. The van der Waals surface area contributed by atoms with E-state index in [1.54, 1.807) is 30.3 Å². The average molecular weight is 485 g/mol. The molecule has 0 aliphatic heterocycles. The van der Waals surface area contributed by atoms with E-state index >= 15 is 0 Å². The molecule has 3 aromatic rings. The van der Waals surface area contributed by atoms with Crippen molar-refractivity contribution in [3.8, 4) is 23.0 Å². The molecule has 7 heteroatoms. The quantitative estimate of drug-likeness (QED) is 0.101. The molecule has 0 saturated heterocycles. The maximum Gasteiger partial charge on any atom is 0.625 e. The topological polar surface area (TPSA) is 74.2 Å². The van der Waals surface area contributed by atoms with Crippen LogP contribution in [0.15, 0.2) is 78.9 Å². The van der Waals surface area contributed by atoms with Crippen LogP contribution in [0.25, 0.3) is 0 Å². The highest BCUT2D eigenvalue weighted by Gasteiger charge is 2.34. The van der Waals surface area contributed by atoms with Gasteiger partial charge in [0, 0.05) is 0 Å². The normalized spacial score (nSPS) is 12.6. The summed E-state index contributed by atoms with van der Waals surface area (Å²) in [5, 5.41) is 9.45. The number of unbranched alkanes of at least 4 members (excludes halogenated alkanes) is 6. The molecule has 1 atom stereocenters. The van der Waals surface area contributed by atoms with Gasteiger partial charge < -0.3 is 19.0 Å². The van der Waals surface area contributed by atoms with Crippen LogP contribution in [0.5, 0.6) is 23.0 Å². The van der Waals surface area contributed by atoms with Gasteiger partial charge in [0.2, 0.25) is 0 Å². The molecule has 0 bridgehead atoms. The third-order valence-corrected chi connectivity index (χ3v) is 6.37. The molecule has 0 aromatic heterocycles. The molecule has 3 rings (SSSR count). The lowest BCUT2D eigenvalue weighted by Crippen LogP contribution is -2.08. The van der Waals surface area contributed by atoms with E-state index in [1.165, 1.54) is 56.4 Å². The second-order valence-corrected chi connectivity index (χ2v) is 9.48. The van der Waals surface area contributed by atoms with Crippen LogP contribution in [0.3, 0.4) is 0 Å². The summed E-state index contributed by atoms with van der Waals surface area (Å²) in [6.45, 7) is 2.22. The monoisotopic (exact) mass is 484 g/mol. The number of phosphoric ester groups is 1. The number of benzene rings is 3. The predicted octanol–water partition coefficient (Wildman–Crippen LogP) is 8.26. The minimum absolute atomic E-state index is 0.0756. The molecule has 1 N–H and O–H groups in total. The third-order valence-electron chi connectivity index (χ3n) is 5.25. The second-order valence-electron chi connectivity index (χ2n) is 8.07. The number of hydrogen-bond acceptors (Lipinski definition) is 6. The van der Waals surface area contributed by atoms with E-state index < -0.39 is 7.82 Å². The number of phenols is 1. The van der Waals surface area contributed by atoms with E-state index in [-0.39, 0.29) is 11.5 Å². The largest absolute Gasteiger partial charge is 0.625 e. The molecule has 1 unspecified atom stereocenters. The summed E-state index contributed by atoms with van der Waals surface area (Å²) in [4.78, 5) is 5.23. The first-order valence-corrected chi connectivity index (χ1v) is 13.3. The molecule has 0 amide bonds. The SMILES string of the molecule is CCCCCCCCCc1ccccc1OP(=O)(OOc1ccc(O)cc1)Oc1ccccc1. The van der Waals surface area contributed by atoms with Crippen LogP contribution in [0, 0.1) is 0 Å². The van der Waals surface area contributed by atoms with Crippen molar-refractivity contribution in [2.24, 2.45) is 0 Å². The number of aromatic hydroxyl groups is 1. The van der Waals surface area contributed by atoms with Crippen LogP contribution in [0.2, 0.25) is 0 Å². The summed E-state index contributed by atoms with van der Waals surface area (Å²) in [6, 6.07) is 21.9. The first-order valence-electron chi connectivity index (χ1n) is 11.9. The van der Waals surface area contributed by atoms with Crippen LogP contribution in [-0.4, -0.2) is 5.11 Å². The zero-order chi connectivity index (χ0) is 24.1. The van der Waals surface area contributed by atoms with E-state index in [9.17, 15) is 9.67 Å². The Bertz CT molecular complexity index is 1020. The highest BCUT2D eigenvalue weighted by atomic mass is 31.2. The highest BCUT2D eigenvalue weighted by molar-refractivity contribution is 7.49. The Kier molecular flexibility index (Phi) is 10.3. The lowest BCUT2D eigenvalue weighted by atomic mass is 10.0. The van der Waals surface area contributed by atoms with Gasteiger partial charge in [0.25, 0.3) is 0 Å². The number of rotatable bonds is 15. The van der Waals surface area contributed by atoms with Gasteiger partial charge in [0.05, 0.1) is 0 Å². The Balaban J connectivity index is 1.67. The smallest absolute Gasteiger partial charge is 0.508 e. The molecule has 0 heterocycles. The minimum Gasteiger partial charge on any atom is -0.508 e. The molecule has 6 nitrogen and oxygen atoms in total. The fourth-order valence-corrected chi connectivity index (χ4v) is 4.52. The van der Waals surface area contributed by atoms with Crippen LogP contribution in [-0.2, 0) is 15.7 Å². The summed E-state index contributed by atoms with van der Waals surface area (Å²) in [5.41, 5.74) is 0.932. The molecule has 0 aliphatic carbocycles. The van der Waals surface area contributed by atoms with Crippen molar-refractivity contribution < 1.29 is 28.3 Å². The Labute approximate surface area is 202 Å². The molecular weight excluding hydrogens is 451 g/mol. The molecule has 34 heavy (non-hydrogen) atoms. The van der Waals surface area contributed by atoms with Crippen molar-refractivity contribution in [1.82, 2.24) is 0 Å². The molecule has 0 radical (unpaired) electrons. The maximum absolute atomic E-state index is 13.6. The molecule has 0 aliphatic rings. The number of hydrogen-bond donors (Lipinski definition) is 1. The fraction of sp³-hybridized carbons (Fsp3) is 0.333. The Morgan fingerprint density at radius 3 is 2.09 bits per heavy atom. The summed E-state index contributed by atoms with van der Waals surface area (Å²) >= 11 is 0. The van der Waals surface area contributed by atoms with Crippen molar-refractivity contribution in [3.63, 3.8) is 0 Å². The van der Waals surface area contributed by atoms with Crippen LogP contribution >= 0.6 is 7.82 Å². The molecular formula is C27H33O6P. The van der Waals surface area contributed by atoms with Gasteiger partial charge in [-0.2, -0.15) is 0 Å². The highest BCUT2D eigenvalue weighted by Crippen LogP contribution is 2.50. The Hall–Kier alpha value is -2.95. The van der Waals surface area contributed by atoms with E-state index in [0.29, 0.717) is 11.5 Å². The number of aryl methyl sites for hydroxylation is 1. The third kappa shape index (κ3) is 8.77. The van der Waals surface area contributed by atoms with Crippen molar-refractivity contribution in [2.45, 2.75) is 58.3 Å². The van der Waals surface area contributed by atoms with Gasteiger partial charge in [-0.1, -0.05) is 86.5 Å². The van der Waals surface area contributed by atoms with Gasteiger partial charge in [-0.15, -0.1) is 0 Å².